The van der Waals surface area contributed by atoms with Gasteiger partial charge >= 0.3 is 6.03 Å². The Morgan fingerprint density at radius 2 is 1.93 bits per heavy atom. The molecule has 2 aromatic carbocycles. The van der Waals surface area contributed by atoms with Crippen molar-refractivity contribution in [1.82, 2.24) is 10.2 Å². The number of hydrogen-bond donors (Lipinski definition) is 1. The minimum absolute atomic E-state index is 0.00558. The van der Waals surface area contributed by atoms with Gasteiger partial charge in [-0.2, -0.15) is 0 Å². The van der Waals surface area contributed by atoms with Crippen LogP contribution in [0.3, 0.4) is 0 Å². The number of amides is 2. The summed E-state index contributed by atoms with van der Waals surface area (Å²) in [7, 11) is 3.26. The Kier molecular flexibility index (Phi) is 6.39. The summed E-state index contributed by atoms with van der Waals surface area (Å²) < 4.78 is 5.39. The van der Waals surface area contributed by atoms with Crippen molar-refractivity contribution < 1.29 is 14.5 Å². The molecule has 1 N–H and O–H groups in total. The molecule has 0 spiro atoms. The number of aryl methyl sites for hydroxylation is 1. The average Bonchev–Trinajstić information content (AvgIpc) is 2.66. The van der Waals surface area contributed by atoms with Crippen molar-refractivity contribution in [3.8, 4) is 5.75 Å². The van der Waals surface area contributed by atoms with Gasteiger partial charge in [-0.15, -0.1) is 0 Å². The van der Waals surface area contributed by atoms with Crippen molar-refractivity contribution in [2.75, 3.05) is 14.2 Å². The van der Waals surface area contributed by atoms with E-state index < -0.39 is 4.92 Å². The molecule has 2 unspecified atom stereocenters. The van der Waals surface area contributed by atoms with E-state index in [1.165, 1.54) is 17.0 Å². The molecule has 0 aliphatic carbocycles. The van der Waals surface area contributed by atoms with Gasteiger partial charge in [0.25, 0.3) is 5.69 Å². The third kappa shape index (κ3) is 4.75. The van der Waals surface area contributed by atoms with E-state index in [4.69, 9.17) is 4.74 Å². The fraction of sp³-hybridized carbons (Fsp3) is 0.350. The molecule has 144 valence electrons. The summed E-state index contributed by atoms with van der Waals surface area (Å²) in [5, 5.41) is 13.9. The Labute approximate surface area is 159 Å². The molecule has 2 rings (SSSR count). The summed E-state index contributed by atoms with van der Waals surface area (Å²) in [6.45, 7) is 5.70. The average molecular weight is 371 g/mol. The van der Waals surface area contributed by atoms with Crippen LogP contribution < -0.4 is 10.1 Å². The first-order valence-corrected chi connectivity index (χ1v) is 8.66. The van der Waals surface area contributed by atoms with Gasteiger partial charge in [-0.3, -0.25) is 10.1 Å². The first kappa shape index (κ1) is 20.2. The molecule has 2 atom stereocenters. The van der Waals surface area contributed by atoms with Crippen molar-refractivity contribution in [1.29, 1.82) is 0 Å². The highest BCUT2D eigenvalue weighted by molar-refractivity contribution is 5.75. The van der Waals surface area contributed by atoms with Crippen molar-refractivity contribution in [2.24, 2.45) is 0 Å². The molecule has 0 saturated carbocycles. The number of ether oxygens (including phenoxy) is 1. The highest BCUT2D eigenvalue weighted by Gasteiger charge is 2.22. The second-order valence-electron chi connectivity index (χ2n) is 6.56. The van der Waals surface area contributed by atoms with Gasteiger partial charge in [-0.1, -0.05) is 29.8 Å². The van der Waals surface area contributed by atoms with Gasteiger partial charge in [0.05, 0.1) is 24.1 Å². The van der Waals surface area contributed by atoms with E-state index in [0.717, 1.165) is 11.1 Å². The number of methoxy groups -OCH3 is 1. The maximum atomic E-state index is 12.7. The normalized spacial score (nSPS) is 12.8. The molecule has 0 radical (unpaired) electrons. The van der Waals surface area contributed by atoms with Crippen LogP contribution in [-0.2, 0) is 0 Å². The van der Waals surface area contributed by atoms with E-state index in [2.05, 4.69) is 5.32 Å². The first-order valence-electron chi connectivity index (χ1n) is 8.66. The number of non-ortho nitro benzene ring substituents is 1. The van der Waals surface area contributed by atoms with E-state index in [0.29, 0.717) is 11.3 Å². The highest BCUT2D eigenvalue weighted by Crippen LogP contribution is 2.27. The number of nitro groups is 1. The zero-order valence-corrected chi connectivity index (χ0v) is 16.2. The van der Waals surface area contributed by atoms with Crippen LogP contribution in [0.1, 0.15) is 42.6 Å². The van der Waals surface area contributed by atoms with Crippen molar-refractivity contribution in [3.63, 3.8) is 0 Å². The number of nitrogens with one attached hydrogen (secondary N) is 1. The summed E-state index contributed by atoms with van der Waals surface area (Å²) in [6, 6.07) is 11.3. The molecular weight excluding hydrogens is 346 g/mol. The molecular formula is C20H25N3O4. The Balaban J connectivity index is 2.14. The third-order valence-electron chi connectivity index (χ3n) is 4.66. The lowest BCUT2D eigenvalue weighted by Crippen LogP contribution is -2.40. The molecule has 7 nitrogen and oxygen atoms in total. The van der Waals surface area contributed by atoms with Crippen molar-refractivity contribution in [3.05, 3.63) is 69.3 Å². The molecule has 0 aliphatic rings. The Morgan fingerprint density at radius 1 is 1.22 bits per heavy atom. The Bertz CT molecular complexity index is 838. The van der Waals surface area contributed by atoms with E-state index in [1.54, 1.807) is 26.3 Å². The van der Waals surface area contributed by atoms with Gasteiger partial charge in [0, 0.05) is 24.7 Å². The fourth-order valence-electron chi connectivity index (χ4n) is 2.85. The van der Waals surface area contributed by atoms with Gasteiger partial charge in [0.15, 0.2) is 0 Å². The maximum absolute atomic E-state index is 12.7. The molecule has 0 saturated heterocycles. The van der Waals surface area contributed by atoms with Crippen molar-refractivity contribution in [2.45, 2.75) is 32.9 Å². The SMILES string of the molecule is COc1ccc(C)cc1C(C)NC(=O)N(C)C(C)c1cccc([N+](=O)[O-])c1. The van der Waals surface area contributed by atoms with E-state index in [-0.39, 0.29) is 23.8 Å². The summed E-state index contributed by atoms with van der Waals surface area (Å²) in [4.78, 5) is 24.7. The number of carbonyl (C=O) groups is 1. The van der Waals surface area contributed by atoms with E-state index in [1.807, 2.05) is 39.0 Å². The highest BCUT2D eigenvalue weighted by atomic mass is 16.6. The Morgan fingerprint density at radius 3 is 2.56 bits per heavy atom. The van der Waals surface area contributed by atoms with Crippen molar-refractivity contribution >= 4 is 11.7 Å². The number of nitro benzene ring substituents is 1. The zero-order chi connectivity index (χ0) is 20.1. The van der Waals surface area contributed by atoms with Crippen LogP contribution in [0.5, 0.6) is 5.75 Å². The monoisotopic (exact) mass is 371 g/mol. The standard InChI is InChI=1S/C20H25N3O4/c1-13-9-10-19(27-5)18(11-13)14(2)21-20(24)22(4)15(3)16-7-6-8-17(12-16)23(25)26/h6-12,14-15H,1-5H3,(H,21,24). The lowest BCUT2D eigenvalue weighted by Gasteiger charge is -2.28. The topological polar surface area (TPSA) is 84.7 Å². The minimum atomic E-state index is -0.442. The molecule has 27 heavy (non-hydrogen) atoms. The first-order chi connectivity index (χ1) is 12.7. The number of benzene rings is 2. The molecule has 0 bridgehead atoms. The number of carbonyl (C=O) groups excluding carboxylic acids is 1. The summed E-state index contributed by atoms with van der Waals surface area (Å²) in [6.07, 6.45) is 0. The van der Waals surface area contributed by atoms with Crippen LogP contribution in [0.2, 0.25) is 0 Å². The number of hydrogen-bond acceptors (Lipinski definition) is 4. The molecule has 0 fully saturated rings. The maximum Gasteiger partial charge on any atom is 0.318 e. The third-order valence-corrected chi connectivity index (χ3v) is 4.66. The largest absolute Gasteiger partial charge is 0.496 e. The van der Waals surface area contributed by atoms with E-state index in [9.17, 15) is 14.9 Å². The molecule has 2 amide bonds. The molecule has 7 heteroatoms. The fourth-order valence-corrected chi connectivity index (χ4v) is 2.85. The lowest BCUT2D eigenvalue weighted by molar-refractivity contribution is -0.384. The zero-order valence-electron chi connectivity index (χ0n) is 16.2. The summed E-state index contributed by atoms with van der Waals surface area (Å²) >= 11 is 0. The number of rotatable bonds is 6. The molecule has 0 aliphatic heterocycles. The van der Waals surface area contributed by atoms with E-state index >= 15 is 0 Å². The second-order valence-corrected chi connectivity index (χ2v) is 6.56. The second kappa shape index (κ2) is 8.53. The van der Waals surface area contributed by atoms with Gasteiger partial charge in [0.1, 0.15) is 5.75 Å². The van der Waals surface area contributed by atoms with Gasteiger partial charge in [0.2, 0.25) is 0 Å². The molecule has 0 aromatic heterocycles. The quantitative estimate of drug-likeness (QED) is 0.603. The van der Waals surface area contributed by atoms with Gasteiger partial charge in [-0.05, 0) is 32.4 Å². The lowest BCUT2D eigenvalue weighted by atomic mass is 10.0. The van der Waals surface area contributed by atoms with Crippen LogP contribution >= 0.6 is 0 Å². The minimum Gasteiger partial charge on any atom is -0.496 e. The summed E-state index contributed by atoms with van der Waals surface area (Å²) in [5.41, 5.74) is 2.67. The smallest absolute Gasteiger partial charge is 0.318 e. The molecule has 0 heterocycles. The van der Waals surface area contributed by atoms with Crippen LogP contribution in [-0.4, -0.2) is 30.0 Å². The predicted octanol–water partition coefficient (Wildman–Crippen LogP) is 4.38. The van der Waals surface area contributed by atoms with Crippen LogP contribution in [0.15, 0.2) is 42.5 Å². The van der Waals surface area contributed by atoms with Crippen LogP contribution in [0.25, 0.3) is 0 Å². The molecule has 2 aromatic rings. The van der Waals surface area contributed by atoms with Crippen LogP contribution in [0, 0.1) is 17.0 Å². The summed E-state index contributed by atoms with van der Waals surface area (Å²) in [5.74, 6) is 0.711. The Hall–Kier alpha value is -3.09. The van der Waals surface area contributed by atoms with Gasteiger partial charge in [-0.25, -0.2) is 4.79 Å². The number of nitrogens with zero attached hydrogens (tertiary/aromatic N) is 2. The van der Waals surface area contributed by atoms with Gasteiger partial charge < -0.3 is 15.0 Å². The number of urea groups is 1. The van der Waals surface area contributed by atoms with Crippen LogP contribution in [0.4, 0.5) is 10.5 Å². The predicted molar refractivity (Wildman–Crippen MR) is 104 cm³/mol.